The van der Waals surface area contributed by atoms with Gasteiger partial charge < -0.3 is 10.2 Å². The van der Waals surface area contributed by atoms with E-state index in [4.69, 9.17) is 0 Å². The largest absolute Gasteiger partial charge is 0.350 e. The third-order valence-corrected chi connectivity index (χ3v) is 3.49. The Balaban J connectivity index is 2.13. The van der Waals surface area contributed by atoms with E-state index in [0.29, 0.717) is 5.56 Å². The first kappa shape index (κ1) is 17.0. The Kier molecular flexibility index (Phi) is 5.39. The molecule has 1 unspecified atom stereocenters. The second-order valence-electron chi connectivity index (χ2n) is 5.37. The quantitative estimate of drug-likeness (QED) is 0.917. The fourth-order valence-corrected chi connectivity index (χ4v) is 2.27. The van der Waals surface area contributed by atoms with Gasteiger partial charge >= 0.3 is 0 Å². The molecule has 0 bridgehead atoms. The topological polar surface area (TPSA) is 32.3 Å². The minimum atomic E-state index is -0.795. The van der Waals surface area contributed by atoms with Gasteiger partial charge in [-0.15, -0.1) is 0 Å². The van der Waals surface area contributed by atoms with Crippen molar-refractivity contribution in [3.63, 3.8) is 0 Å². The summed E-state index contributed by atoms with van der Waals surface area (Å²) in [5.41, 5.74) is 0.316. The number of hydrogen-bond acceptors (Lipinski definition) is 2. The smallest absolute Gasteiger partial charge is 0.254 e. The Labute approximate surface area is 132 Å². The van der Waals surface area contributed by atoms with Crippen LogP contribution in [0.2, 0.25) is 0 Å². The van der Waals surface area contributed by atoms with Crippen molar-refractivity contribution in [3.05, 3.63) is 71.0 Å². The summed E-state index contributed by atoms with van der Waals surface area (Å²) in [6.45, 7) is 0.130. The van der Waals surface area contributed by atoms with E-state index in [-0.39, 0.29) is 24.0 Å². The second-order valence-corrected chi connectivity index (χ2v) is 5.37. The van der Waals surface area contributed by atoms with Gasteiger partial charge in [-0.1, -0.05) is 12.1 Å². The molecule has 122 valence electrons. The zero-order chi connectivity index (χ0) is 17.0. The van der Waals surface area contributed by atoms with Gasteiger partial charge in [-0.3, -0.25) is 4.79 Å². The SMILES string of the molecule is CN(C)C(CNC(=O)c1cc(F)ccc1F)c1cccc(F)c1. The highest BCUT2D eigenvalue weighted by molar-refractivity contribution is 5.94. The molecular weight excluding hydrogens is 305 g/mol. The van der Waals surface area contributed by atoms with Crippen molar-refractivity contribution in [3.8, 4) is 0 Å². The summed E-state index contributed by atoms with van der Waals surface area (Å²) in [5.74, 6) is -2.58. The van der Waals surface area contributed by atoms with E-state index in [0.717, 1.165) is 18.2 Å². The first-order valence-corrected chi connectivity index (χ1v) is 7.03. The first-order chi connectivity index (χ1) is 10.9. The van der Waals surface area contributed by atoms with Crippen molar-refractivity contribution in [2.75, 3.05) is 20.6 Å². The molecule has 0 aliphatic rings. The van der Waals surface area contributed by atoms with Gasteiger partial charge in [0.25, 0.3) is 5.91 Å². The standard InChI is InChI=1S/C17H17F3N2O/c1-22(2)16(11-4-3-5-12(18)8-11)10-21-17(23)14-9-13(19)6-7-15(14)20/h3-9,16H,10H2,1-2H3,(H,21,23). The maximum absolute atomic E-state index is 13.6. The van der Waals surface area contributed by atoms with Gasteiger partial charge in [0.1, 0.15) is 17.5 Å². The van der Waals surface area contributed by atoms with Crippen LogP contribution < -0.4 is 5.32 Å². The van der Waals surface area contributed by atoms with Crippen LogP contribution in [-0.2, 0) is 0 Å². The molecule has 0 spiro atoms. The summed E-state index contributed by atoms with van der Waals surface area (Å²) in [6.07, 6.45) is 0. The molecule has 0 aromatic heterocycles. The molecule has 0 aliphatic heterocycles. The zero-order valence-corrected chi connectivity index (χ0v) is 12.8. The van der Waals surface area contributed by atoms with Crippen molar-refractivity contribution < 1.29 is 18.0 Å². The lowest BCUT2D eigenvalue weighted by atomic mass is 10.1. The van der Waals surface area contributed by atoms with E-state index in [1.54, 1.807) is 31.1 Å². The van der Waals surface area contributed by atoms with Gasteiger partial charge in [-0.05, 0) is 50.0 Å². The Bertz CT molecular complexity index is 704. The zero-order valence-electron chi connectivity index (χ0n) is 12.8. The summed E-state index contributed by atoms with van der Waals surface area (Å²) in [6, 6.07) is 8.42. The lowest BCUT2D eigenvalue weighted by molar-refractivity contribution is 0.0937. The summed E-state index contributed by atoms with van der Waals surface area (Å²) in [5, 5.41) is 2.56. The van der Waals surface area contributed by atoms with Crippen molar-refractivity contribution in [1.82, 2.24) is 10.2 Å². The van der Waals surface area contributed by atoms with Crippen molar-refractivity contribution >= 4 is 5.91 Å². The molecular formula is C17H17F3N2O. The van der Waals surface area contributed by atoms with Crippen LogP contribution in [0.25, 0.3) is 0 Å². The van der Waals surface area contributed by atoms with Crippen molar-refractivity contribution in [1.29, 1.82) is 0 Å². The number of amides is 1. The van der Waals surface area contributed by atoms with E-state index in [1.807, 2.05) is 0 Å². The third-order valence-electron chi connectivity index (χ3n) is 3.49. The number of nitrogens with zero attached hydrogens (tertiary/aromatic N) is 1. The third kappa shape index (κ3) is 4.32. The summed E-state index contributed by atoms with van der Waals surface area (Å²) >= 11 is 0. The minimum Gasteiger partial charge on any atom is -0.350 e. The molecule has 0 fully saturated rings. The normalized spacial score (nSPS) is 12.3. The Morgan fingerprint density at radius 2 is 1.78 bits per heavy atom. The first-order valence-electron chi connectivity index (χ1n) is 7.03. The molecule has 1 N–H and O–H groups in total. The van der Waals surface area contributed by atoms with Crippen molar-refractivity contribution in [2.45, 2.75) is 6.04 Å². The van der Waals surface area contributed by atoms with E-state index < -0.39 is 17.5 Å². The molecule has 0 heterocycles. The molecule has 6 heteroatoms. The minimum absolute atomic E-state index is 0.130. The van der Waals surface area contributed by atoms with E-state index >= 15 is 0 Å². The lowest BCUT2D eigenvalue weighted by Gasteiger charge is -2.25. The molecule has 1 atom stereocenters. The van der Waals surface area contributed by atoms with Crippen LogP contribution in [0.3, 0.4) is 0 Å². The van der Waals surface area contributed by atoms with Crippen molar-refractivity contribution in [2.24, 2.45) is 0 Å². The molecule has 2 rings (SSSR count). The van der Waals surface area contributed by atoms with Gasteiger partial charge in [0.05, 0.1) is 11.6 Å². The van der Waals surface area contributed by atoms with Crippen LogP contribution in [0.1, 0.15) is 22.0 Å². The van der Waals surface area contributed by atoms with Crippen LogP contribution in [0.15, 0.2) is 42.5 Å². The molecule has 0 saturated heterocycles. The highest BCUT2D eigenvalue weighted by Crippen LogP contribution is 2.18. The van der Waals surface area contributed by atoms with Crippen LogP contribution in [-0.4, -0.2) is 31.4 Å². The second kappa shape index (κ2) is 7.28. The fourth-order valence-electron chi connectivity index (χ4n) is 2.27. The Morgan fingerprint density at radius 3 is 2.43 bits per heavy atom. The molecule has 0 radical (unpaired) electrons. The molecule has 0 aliphatic carbocycles. The number of carbonyl (C=O) groups excluding carboxylic acids is 1. The summed E-state index contributed by atoms with van der Waals surface area (Å²) in [7, 11) is 3.56. The van der Waals surface area contributed by atoms with Crippen LogP contribution in [0.5, 0.6) is 0 Å². The van der Waals surface area contributed by atoms with Gasteiger partial charge in [0.15, 0.2) is 0 Å². The Hall–Kier alpha value is -2.34. The number of benzene rings is 2. The lowest BCUT2D eigenvalue weighted by Crippen LogP contribution is -2.35. The molecule has 23 heavy (non-hydrogen) atoms. The highest BCUT2D eigenvalue weighted by atomic mass is 19.1. The number of nitrogens with one attached hydrogen (secondary N) is 1. The molecule has 2 aromatic rings. The highest BCUT2D eigenvalue weighted by Gasteiger charge is 2.18. The maximum atomic E-state index is 13.6. The monoisotopic (exact) mass is 322 g/mol. The predicted octanol–water partition coefficient (Wildman–Crippen LogP) is 3.14. The summed E-state index contributed by atoms with van der Waals surface area (Å²) < 4.78 is 40.1. The van der Waals surface area contributed by atoms with Crippen LogP contribution in [0, 0.1) is 17.5 Å². The van der Waals surface area contributed by atoms with Crippen LogP contribution in [0.4, 0.5) is 13.2 Å². The Morgan fingerprint density at radius 1 is 1.09 bits per heavy atom. The van der Waals surface area contributed by atoms with Gasteiger partial charge in [-0.2, -0.15) is 0 Å². The van der Waals surface area contributed by atoms with Gasteiger partial charge in [0.2, 0.25) is 0 Å². The fraction of sp³-hybridized carbons (Fsp3) is 0.235. The number of halogens is 3. The number of hydrogen-bond donors (Lipinski definition) is 1. The molecule has 2 aromatic carbocycles. The molecule has 1 amide bonds. The predicted molar refractivity (Wildman–Crippen MR) is 81.5 cm³/mol. The van der Waals surface area contributed by atoms with Gasteiger partial charge in [-0.25, -0.2) is 13.2 Å². The maximum Gasteiger partial charge on any atom is 0.254 e. The van der Waals surface area contributed by atoms with Gasteiger partial charge in [0, 0.05) is 6.54 Å². The van der Waals surface area contributed by atoms with E-state index in [2.05, 4.69) is 5.32 Å². The number of likely N-dealkylation sites (N-methyl/N-ethyl adjacent to an activating group) is 1. The molecule has 3 nitrogen and oxygen atoms in total. The van der Waals surface area contributed by atoms with E-state index in [1.165, 1.54) is 12.1 Å². The average Bonchev–Trinajstić information content (AvgIpc) is 2.49. The number of rotatable bonds is 5. The average molecular weight is 322 g/mol. The van der Waals surface area contributed by atoms with Crippen LogP contribution >= 0.6 is 0 Å². The summed E-state index contributed by atoms with van der Waals surface area (Å²) in [4.78, 5) is 13.8. The van der Waals surface area contributed by atoms with E-state index in [9.17, 15) is 18.0 Å². The number of carbonyl (C=O) groups is 1. The molecule has 0 saturated carbocycles.